The minimum atomic E-state index is -0.198. The quantitative estimate of drug-likeness (QED) is 0.347. The highest BCUT2D eigenvalue weighted by molar-refractivity contribution is 5.83. The Morgan fingerprint density at radius 3 is 2.85 bits per heavy atom. The second-order valence-electron chi connectivity index (χ2n) is 5.93. The normalized spacial score (nSPS) is 18.8. The van der Waals surface area contributed by atoms with Gasteiger partial charge in [0.2, 0.25) is 0 Å². The van der Waals surface area contributed by atoms with Crippen LogP contribution >= 0.6 is 0 Å². The van der Waals surface area contributed by atoms with Gasteiger partial charge in [-0.3, -0.25) is 0 Å². The largest absolute Gasteiger partial charge is 0.463 e. The Morgan fingerprint density at radius 1 is 1.35 bits per heavy atom. The smallest absolute Gasteiger partial charge is 0.331 e. The van der Waals surface area contributed by atoms with Crippen molar-refractivity contribution in [3.8, 4) is 0 Å². The zero-order valence-electron chi connectivity index (χ0n) is 13.4. The first-order chi connectivity index (χ1) is 9.65. The zero-order valence-corrected chi connectivity index (χ0v) is 13.4. The molecule has 0 fully saturated rings. The van der Waals surface area contributed by atoms with Crippen molar-refractivity contribution in [3.05, 3.63) is 23.3 Å². The number of rotatable bonds is 8. The van der Waals surface area contributed by atoms with Gasteiger partial charge in [-0.15, -0.1) is 0 Å². The summed E-state index contributed by atoms with van der Waals surface area (Å²) in [5, 5.41) is 0. The third-order valence-corrected chi connectivity index (χ3v) is 3.85. The lowest BCUT2D eigenvalue weighted by Crippen LogP contribution is -2.05. The molecule has 1 atom stereocenters. The van der Waals surface area contributed by atoms with Gasteiger partial charge >= 0.3 is 5.97 Å². The van der Waals surface area contributed by atoms with Crippen LogP contribution in [-0.4, -0.2) is 12.6 Å². The summed E-state index contributed by atoms with van der Waals surface area (Å²) >= 11 is 0. The Morgan fingerprint density at radius 2 is 2.15 bits per heavy atom. The van der Waals surface area contributed by atoms with E-state index >= 15 is 0 Å². The minimum Gasteiger partial charge on any atom is -0.463 e. The molecule has 20 heavy (non-hydrogen) atoms. The molecule has 0 N–H and O–H groups in total. The Balaban J connectivity index is 2.48. The Kier molecular flexibility index (Phi) is 8.32. The summed E-state index contributed by atoms with van der Waals surface area (Å²) < 4.78 is 4.98. The van der Waals surface area contributed by atoms with E-state index < -0.39 is 0 Å². The van der Waals surface area contributed by atoms with Gasteiger partial charge in [0.1, 0.15) is 0 Å². The summed E-state index contributed by atoms with van der Waals surface area (Å²) in [6, 6.07) is 0. The standard InChI is InChI=1S/C18H30O2/c1-4-6-7-9-15(3)12-16-10-8-11-17(13-16)14-18(19)20-5-2/h13-15H,4-12H2,1-3H3/b17-14+. The van der Waals surface area contributed by atoms with E-state index in [-0.39, 0.29) is 5.97 Å². The van der Waals surface area contributed by atoms with Gasteiger partial charge in [-0.1, -0.05) is 51.2 Å². The van der Waals surface area contributed by atoms with Crippen LogP contribution in [0.15, 0.2) is 23.3 Å². The van der Waals surface area contributed by atoms with Crippen LogP contribution in [0.25, 0.3) is 0 Å². The molecule has 0 bridgehead atoms. The molecule has 1 unspecified atom stereocenters. The van der Waals surface area contributed by atoms with Crippen molar-refractivity contribution in [1.82, 2.24) is 0 Å². The van der Waals surface area contributed by atoms with Gasteiger partial charge in [0.15, 0.2) is 0 Å². The Bertz CT molecular complexity index is 352. The van der Waals surface area contributed by atoms with Gasteiger partial charge in [-0.25, -0.2) is 4.79 Å². The maximum Gasteiger partial charge on any atom is 0.331 e. The molecule has 0 heterocycles. The van der Waals surface area contributed by atoms with Crippen LogP contribution in [0.5, 0.6) is 0 Å². The predicted molar refractivity (Wildman–Crippen MR) is 84.6 cm³/mol. The molecule has 0 amide bonds. The summed E-state index contributed by atoms with van der Waals surface area (Å²) in [4.78, 5) is 11.5. The van der Waals surface area contributed by atoms with Crippen molar-refractivity contribution in [1.29, 1.82) is 0 Å². The fraction of sp³-hybridized carbons (Fsp3) is 0.722. The summed E-state index contributed by atoms with van der Waals surface area (Å²) in [6.07, 6.45) is 13.8. The van der Waals surface area contributed by atoms with Crippen molar-refractivity contribution in [2.75, 3.05) is 6.61 Å². The van der Waals surface area contributed by atoms with E-state index in [0.717, 1.165) is 17.9 Å². The van der Waals surface area contributed by atoms with Crippen molar-refractivity contribution >= 4 is 5.97 Å². The number of ether oxygens (including phenoxy) is 1. The first kappa shape index (κ1) is 17.0. The van der Waals surface area contributed by atoms with Crippen LogP contribution in [0.1, 0.15) is 72.1 Å². The summed E-state index contributed by atoms with van der Waals surface area (Å²) in [7, 11) is 0. The molecule has 2 heteroatoms. The molecule has 0 saturated carbocycles. The molecule has 1 aliphatic rings. The van der Waals surface area contributed by atoms with Crippen LogP contribution in [0.2, 0.25) is 0 Å². The summed E-state index contributed by atoms with van der Waals surface area (Å²) in [5.41, 5.74) is 2.65. The van der Waals surface area contributed by atoms with Crippen molar-refractivity contribution in [2.45, 2.75) is 72.1 Å². The topological polar surface area (TPSA) is 26.3 Å². The average molecular weight is 278 g/mol. The highest BCUT2D eigenvalue weighted by Gasteiger charge is 2.12. The number of esters is 1. The molecule has 0 spiro atoms. The van der Waals surface area contributed by atoms with Gasteiger partial charge in [0, 0.05) is 6.08 Å². The monoisotopic (exact) mass is 278 g/mol. The minimum absolute atomic E-state index is 0.198. The molecule has 2 nitrogen and oxygen atoms in total. The number of carbonyl (C=O) groups excluding carboxylic acids is 1. The van der Waals surface area contributed by atoms with E-state index in [1.54, 1.807) is 6.08 Å². The molecular weight excluding hydrogens is 248 g/mol. The van der Waals surface area contributed by atoms with Gasteiger partial charge in [0.05, 0.1) is 6.61 Å². The fourth-order valence-electron chi connectivity index (χ4n) is 2.83. The lowest BCUT2D eigenvalue weighted by Gasteiger charge is -2.19. The van der Waals surface area contributed by atoms with Crippen LogP contribution < -0.4 is 0 Å². The lowest BCUT2D eigenvalue weighted by atomic mass is 9.87. The van der Waals surface area contributed by atoms with Gasteiger partial charge in [-0.05, 0) is 44.1 Å². The Labute approximate surface area is 124 Å². The maximum atomic E-state index is 11.5. The highest BCUT2D eigenvalue weighted by Crippen LogP contribution is 2.28. The molecule has 0 saturated heterocycles. The number of carbonyl (C=O) groups is 1. The fourth-order valence-corrected chi connectivity index (χ4v) is 2.83. The van der Waals surface area contributed by atoms with Crippen LogP contribution in [0, 0.1) is 5.92 Å². The number of hydrogen-bond acceptors (Lipinski definition) is 2. The van der Waals surface area contributed by atoms with Crippen LogP contribution in [0.4, 0.5) is 0 Å². The van der Waals surface area contributed by atoms with Crippen LogP contribution in [0.3, 0.4) is 0 Å². The third kappa shape index (κ3) is 6.93. The molecule has 0 aromatic heterocycles. The van der Waals surface area contributed by atoms with E-state index in [0.29, 0.717) is 6.61 Å². The third-order valence-electron chi connectivity index (χ3n) is 3.85. The lowest BCUT2D eigenvalue weighted by molar-refractivity contribution is -0.137. The summed E-state index contributed by atoms with van der Waals surface area (Å²) in [6.45, 7) is 6.89. The summed E-state index contributed by atoms with van der Waals surface area (Å²) in [5.74, 6) is 0.561. The first-order valence-electron chi connectivity index (χ1n) is 8.22. The van der Waals surface area contributed by atoms with E-state index in [2.05, 4.69) is 19.9 Å². The average Bonchev–Trinajstić information content (AvgIpc) is 2.39. The van der Waals surface area contributed by atoms with Gasteiger partial charge < -0.3 is 4.74 Å². The van der Waals surface area contributed by atoms with E-state index in [4.69, 9.17) is 4.74 Å². The van der Waals surface area contributed by atoms with Crippen molar-refractivity contribution < 1.29 is 9.53 Å². The molecule has 0 radical (unpaired) electrons. The molecule has 1 rings (SSSR count). The zero-order chi connectivity index (χ0) is 14.8. The van der Waals surface area contributed by atoms with Crippen molar-refractivity contribution in [2.24, 2.45) is 5.92 Å². The van der Waals surface area contributed by atoms with E-state index in [1.807, 2.05) is 6.92 Å². The molecule has 0 aromatic rings. The molecular formula is C18H30O2. The van der Waals surface area contributed by atoms with E-state index in [1.165, 1.54) is 50.5 Å². The molecule has 0 aromatic carbocycles. The second kappa shape index (κ2) is 9.79. The molecule has 114 valence electrons. The van der Waals surface area contributed by atoms with E-state index in [9.17, 15) is 4.79 Å². The SMILES string of the molecule is CCCCCC(C)CC1=C/C(=C/C(=O)OCC)CCC1. The molecule has 1 aliphatic carbocycles. The maximum absolute atomic E-state index is 11.5. The van der Waals surface area contributed by atoms with Gasteiger partial charge in [0.25, 0.3) is 0 Å². The molecule has 0 aliphatic heterocycles. The van der Waals surface area contributed by atoms with Crippen molar-refractivity contribution in [3.63, 3.8) is 0 Å². The number of allylic oxidation sites excluding steroid dienone is 3. The highest BCUT2D eigenvalue weighted by atomic mass is 16.5. The van der Waals surface area contributed by atoms with Gasteiger partial charge in [-0.2, -0.15) is 0 Å². The Hall–Kier alpha value is -1.05. The number of unbranched alkanes of at least 4 members (excludes halogenated alkanes) is 2. The first-order valence-corrected chi connectivity index (χ1v) is 8.22. The number of hydrogen-bond donors (Lipinski definition) is 0. The van der Waals surface area contributed by atoms with Crippen LogP contribution in [-0.2, 0) is 9.53 Å². The predicted octanol–water partition coefficient (Wildman–Crippen LogP) is 5.19. The second-order valence-corrected chi connectivity index (χ2v) is 5.93.